The third-order valence-electron chi connectivity index (χ3n) is 3.62. The lowest BCUT2D eigenvalue weighted by Crippen LogP contribution is -2.09. The molecule has 3 aromatic rings. The topological polar surface area (TPSA) is 43.3 Å². The molecule has 7 heteroatoms. The van der Waals surface area contributed by atoms with Gasteiger partial charge in [0.1, 0.15) is 0 Å². The number of alkyl halides is 3. The zero-order valence-corrected chi connectivity index (χ0v) is 12.9. The number of nitrogens with two attached hydrogens (primary N) is 1. The van der Waals surface area contributed by atoms with Gasteiger partial charge < -0.3 is 10.1 Å². The molecule has 0 unspecified atom stereocenters. The summed E-state index contributed by atoms with van der Waals surface area (Å²) in [5, 5.41) is -0.0621. The summed E-state index contributed by atoms with van der Waals surface area (Å²) in [4.78, 5) is 4.39. The lowest BCUT2D eigenvalue weighted by atomic mass is 10.1. The van der Waals surface area contributed by atoms with Gasteiger partial charge >= 0.3 is 6.18 Å². The molecule has 0 radical (unpaired) electrons. The molecule has 120 valence electrons. The standard InChI is InChI=1S/C16H13ClF3N3/c1-9-2-4-10(5-3-9)14-13(7-21)23-8-11(16(18,19)20)6-12(17)15(23)22-14/h2-6,8H,7,21H2,1H3. The highest BCUT2D eigenvalue weighted by molar-refractivity contribution is 6.33. The van der Waals surface area contributed by atoms with Crippen molar-refractivity contribution in [3.8, 4) is 11.3 Å². The molecule has 2 heterocycles. The highest BCUT2D eigenvalue weighted by atomic mass is 35.5. The molecule has 0 saturated heterocycles. The van der Waals surface area contributed by atoms with Crippen molar-refractivity contribution < 1.29 is 13.2 Å². The van der Waals surface area contributed by atoms with Crippen LogP contribution in [0.4, 0.5) is 13.2 Å². The van der Waals surface area contributed by atoms with Crippen LogP contribution in [-0.4, -0.2) is 9.38 Å². The third-order valence-corrected chi connectivity index (χ3v) is 3.90. The first-order chi connectivity index (χ1) is 10.8. The van der Waals surface area contributed by atoms with Crippen molar-refractivity contribution in [2.45, 2.75) is 19.6 Å². The Hall–Kier alpha value is -2.05. The molecule has 0 amide bonds. The Kier molecular flexibility index (Phi) is 3.82. The molecule has 0 spiro atoms. The molecule has 0 fully saturated rings. The SMILES string of the molecule is Cc1ccc(-c2nc3c(Cl)cc(C(F)(F)F)cn3c2CN)cc1. The maximum atomic E-state index is 13.0. The lowest BCUT2D eigenvalue weighted by Gasteiger charge is -2.09. The van der Waals surface area contributed by atoms with Crippen molar-refractivity contribution in [1.82, 2.24) is 9.38 Å². The minimum absolute atomic E-state index is 0.0437. The van der Waals surface area contributed by atoms with Gasteiger partial charge in [0.05, 0.1) is 22.0 Å². The van der Waals surface area contributed by atoms with E-state index >= 15 is 0 Å². The van der Waals surface area contributed by atoms with Crippen LogP contribution in [-0.2, 0) is 12.7 Å². The molecule has 0 saturated carbocycles. The van der Waals surface area contributed by atoms with Gasteiger partial charge in [-0.2, -0.15) is 13.2 Å². The van der Waals surface area contributed by atoms with Crippen molar-refractivity contribution in [2.24, 2.45) is 5.73 Å². The van der Waals surface area contributed by atoms with Gasteiger partial charge in [-0.15, -0.1) is 0 Å². The van der Waals surface area contributed by atoms with Gasteiger partial charge in [-0.3, -0.25) is 0 Å². The summed E-state index contributed by atoms with van der Waals surface area (Å²) in [5.74, 6) is 0. The van der Waals surface area contributed by atoms with Crippen molar-refractivity contribution in [1.29, 1.82) is 0 Å². The van der Waals surface area contributed by atoms with Crippen LogP contribution in [0.1, 0.15) is 16.8 Å². The first kappa shape index (κ1) is 15.8. The number of nitrogens with zero attached hydrogens (tertiary/aromatic N) is 2. The zero-order valence-electron chi connectivity index (χ0n) is 12.2. The van der Waals surface area contributed by atoms with E-state index in [0.717, 1.165) is 23.4 Å². The van der Waals surface area contributed by atoms with Crippen LogP contribution in [0.2, 0.25) is 5.02 Å². The second kappa shape index (κ2) is 5.54. The van der Waals surface area contributed by atoms with Gasteiger partial charge in [-0.25, -0.2) is 4.98 Å². The smallest absolute Gasteiger partial charge is 0.325 e. The van der Waals surface area contributed by atoms with E-state index in [0.29, 0.717) is 11.4 Å². The minimum Gasteiger partial charge on any atom is -0.325 e. The van der Waals surface area contributed by atoms with E-state index in [1.54, 1.807) is 0 Å². The Morgan fingerprint density at radius 2 is 1.87 bits per heavy atom. The highest BCUT2D eigenvalue weighted by Crippen LogP contribution is 2.34. The van der Waals surface area contributed by atoms with Crippen LogP contribution in [0, 0.1) is 6.92 Å². The van der Waals surface area contributed by atoms with E-state index in [-0.39, 0.29) is 17.2 Å². The van der Waals surface area contributed by atoms with Gasteiger partial charge in [-0.05, 0) is 13.0 Å². The van der Waals surface area contributed by atoms with Gasteiger partial charge in [0.25, 0.3) is 0 Å². The third kappa shape index (κ3) is 2.80. The van der Waals surface area contributed by atoms with Crippen LogP contribution in [0.25, 0.3) is 16.9 Å². The van der Waals surface area contributed by atoms with Crippen LogP contribution in [0.3, 0.4) is 0 Å². The normalized spacial score (nSPS) is 12.1. The maximum Gasteiger partial charge on any atom is 0.417 e. The molecule has 2 aromatic heterocycles. The average molecular weight is 340 g/mol. The number of fused-ring (bicyclic) bond motifs is 1. The van der Waals surface area contributed by atoms with Crippen molar-refractivity contribution in [3.05, 3.63) is 58.4 Å². The van der Waals surface area contributed by atoms with Gasteiger partial charge in [-0.1, -0.05) is 41.4 Å². The Balaban J connectivity index is 2.29. The number of rotatable bonds is 2. The summed E-state index contributed by atoms with van der Waals surface area (Å²) >= 11 is 6.00. The monoisotopic (exact) mass is 339 g/mol. The van der Waals surface area contributed by atoms with Crippen LogP contribution < -0.4 is 5.73 Å². The van der Waals surface area contributed by atoms with Crippen molar-refractivity contribution in [2.75, 3.05) is 0 Å². The summed E-state index contributed by atoms with van der Waals surface area (Å²) in [6.45, 7) is 1.99. The van der Waals surface area contributed by atoms with Crippen molar-refractivity contribution >= 4 is 17.2 Å². The van der Waals surface area contributed by atoms with E-state index in [2.05, 4.69) is 4.98 Å². The summed E-state index contributed by atoms with van der Waals surface area (Å²) in [6, 6.07) is 8.40. The molecular formula is C16H13ClF3N3. The Morgan fingerprint density at radius 1 is 1.22 bits per heavy atom. The summed E-state index contributed by atoms with van der Waals surface area (Å²) < 4.78 is 40.3. The van der Waals surface area contributed by atoms with Gasteiger partial charge in [0.15, 0.2) is 5.65 Å². The van der Waals surface area contributed by atoms with Crippen LogP contribution >= 0.6 is 11.6 Å². The number of hydrogen-bond acceptors (Lipinski definition) is 2. The summed E-state index contributed by atoms with van der Waals surface area (Å²) in [7, 11) is 0. The highest BCUT2D eigenvalue weighted by Gasteiger charge is 2.32. The number of imidazole rings is 1. The summed E-state index contributed by atoms with van der Waals surface area (Å²) in [5.41, 5.74) is 8.05. The number of aryl methyl sites for hydroxylation is 1. The Morgan fingerprint density at radius 3 is 2.43 bits per heavy atom. The lowest BCUT2D eigenvalue weighted by molar-refractivity contribution is -0.137. The molecule has 0 aliphatic heterocycles. The molecule has 3 rings (SSSR count). The maximum absolute atomic E-state index is 13.0. The Labute approximate surface area is 135 Å². The predicted molar refractivity (Wildman–Crippen MR) is 83.3 cm³/mol. The van der Waals surface area contributed by atoms with Crippen LogP contribution in [0.15, 0.2) is 36.5 Å². The van der Waals surface area contributed by atoms with Crippen molar-refractivity contribution in [3.63, 3.8) is 0 Å². The van der Waals surface area contributed by atoms with Gasteiger partial charge in [0.2, 0.25) is 0 Å². The molecule has 0 aliphatic carbocycles. The average Bonchev–Trinajstić information content (AvgIpc) is 2.86. The number of halogens is 4. The molecule has 0 aliphatic rings. The summed E-state index contributed by atoms with van der Waals surface area (Å²) in [6.07, 6.45) is -3.51. The van der Waals surface area contributed by atoms with Crippen LogP contribution in [0.5, 0.6) is 0 Å². The number of pyridine rings is 1. The number of aromatic nitrogens is 2. The molecule has 1 aromatic carbocycles. The van der Waals surface area contributed by atoms with E-state index < -0.39 is 11.7 Å². The molecule has 2 N–H and O–H groups in total. The largest absolute Gasteiger partial charge is 0.417 e. The fourth-order valence-electron chi connectivity index (χ4n) is 2.44. The van der Waals surface area contributed by atoms with E-state index in [1.165, 1.54) is 4.40 Å². The molecule has 3 nitrogen and oxygen atoms in total. The quantitative estimate of drug-likeness (QED) is 0.750. The number of hydrogen-bond donors (Lipinski definition) is 1. The predicted octanol–water partition coefficient (Wildman–Crippen LogP) is 4.44. The Bertz CT molecular complexity index is 867. The first-order valence-electron chi connectivity index (χ1n) is 6.86. The molecule has 0 atom stereocenters. The molecule has 23 heavy (non-hydrogen) atoms. The second-order valence-corrected chi connectivity index (χ2v) is 5.65. The van der Waals surface area contributed by atoms with E-state index in [9.17, 15) is 13.2 Å². The van der Waals surface area contributed by atoms with E-state index in [4.69, 9.17) is 17.3 Å². The number of benzene rings is 1. The molecule has 0 bridgehead atoms. The minimum atomic E-state index is -4.49. The first-order valence-corrected chi connectivity index (χ1v) is 7.24. The zero-order chi connectivity index (χ0) is 16.8. The van der Waals surface area contributed by atoms with E-state index in [1.807, 2.05) is 31.2 Å². The fraction of sp³-hybridized carbons (Fsp3) is 0.188. The second-order valence-electron chi connectivity index (χ2n) is 5.25. The van der Waals surface area contributed by atoms with Gasteiger partial charge in [0, 0.05) is 18.3 Å². The molecular weight excluding hydrogens is 327 g/mol. The fourth-order valence-corrected chi connectivity index (χ4v) is 2.69.